The zero-order valence-electron chi connectivity index (χ0n) is 15.3. The Bertz CT molecular complexity index is 651. The summed E-state index contributed by atoms with van der Waals surface area (Å²) in [5.41, 5.74) is -0.612. The molecule has 0 saturated carbocycles. The standard InChI is InChI=1S/C18H24N2O6/c1-5-19-14(21)11-13(20-17(24)26-18(2,3)4)16(23)25-15(22)12-9-7-6-8-10-12/h6-10,13H,5,11H2,1-4H3,(H,19,21)(H,20,24). The van der Waals surface area contributed by atoms with E-state index in [1.54, 1.807) is 45.9 Å². The summed E-state index contributed by atoms with van der Waals surface area (Å²) in [4.78, 5) is 48.0. The molecule has 8 nitrogen and oxygen atoms in total. The average Bonchev–Trinajstić information content (AvgIpc) is 2.53. The molecule has 0 spiro atoms. The molecule has 142 valence electrons. The van der Waals surface area contributed by atoms with Crippen molar-refractivity contribution in [3.8, 4) is 0 Å². The van der Waals surface area contributed by atoms with Gasteiger partial charge >= 0.3 is 18.0 Å². The summed E-state index contributed by atoms with van der Waals surface area (Å²) in [6.07, 6.45) is -1.27. The summed E-state index contributed by atoms with van der Waals surface area (Å²) in [6.45, 7) is 7.04. The lowest BCUT2D eigenvalue weighted by Crippen LogP contribution is -2.47. The Morgan fingerprint density at radius 3 is 2.23 bits per heavy atom. The minimum Gasteiger partial charge on any atom is -0.444 e. The predicted octanol–water partition coefficient (Wildman–Crippen LogP) is 1.79. The molecule has 0 saturated heterocycles. The summed E-state index contributed by atoms with van der Waals surface area (Å²) in [5, 5.41) is 4.78. The van der Waals surface area contributed by atoms with E-state index in [1.165, 1.54) is 12.1 Å². The molecule has 1 aromatic carbocycles. The molecule has 0 bridgehead atoms. The fourth-order valence-corrected chi connectivity index (χ4v) is 1.89. The Kier molecular flexibility index (Phi) is 7.77. The van der Waals surface area contributed by atoms with Crippen molar-refractivity contribution < 1.29 is 28.7 Å². The molecule has 8 heteroatoms. The van der Waals surface area contributed by atoms with Crippen LogP contribution in [0.3, 0.4) is 0 Å². The highest BCUT2D eigenvalue weighted by molar-refractivity contribution is 5.99. The van der Waals surface area contributed by atoms with Crippen LogP contribution in [-0.2, 0) is 19.1 Å². The topological polar surface area (TPSA) is 111 Å². The van der Waals surface area contributed by atoms with Crippen LogP contribution in [0.15, 0.2) is 30.3 Å². The molecule has 1 unspecified atom stereocenters. The van der Waals surface area contributed by atoms with Crippen LogP contribution in [0.25, 0.3) is 0 Å². The maximum atomic E-state index is 12.3. The molecule has 1 rings (SSSR count). The van der Waals surface area contributed by atoms with E-state index in [-0.39, 0.29) is 12.0 Å². The van der Waals surface area contributed by atoms with Crippen LogP contribution >= 0.6 is 0 Å². The molecule has 2 N–H and O–H groups in total. The maximum Gasteiger partial charge on any atom is 0.408 e. The van der Waals surface area contributed by atoms with E-state index < -0.39 is 35.6 Å². The van der Waals surface area contributed by atoms with Gasteiger partial charge in [-0.3, -0.25) is 4.79 Å². The van der Waals surface area contributed by atoms with Gasteiger partial charge in [0.15, 0.2) is 0 Å². The van der Waals surface area contributed by atoms with Crippen LogP contribution in [-0.4, -0.2) is 42.1 Å². The zero-order chi connectivity index (χ0) is 19.7. The average molecular weight is 364 g/mol. The molecule has 0 heterocycles. The highest BCUT2D eigenvalue weighted by Gasteiger charge is 2.29. The van der Waals surface area contributed by atoms with Crippen molar-refractivity contribution in [2.24, 2.45) is 0 Å². The smallest absolute Gasteiger partial charge is 0.408 e. The van der Waals surface area contributed by atoms with Crippen LogP contribution in [0.5, 0.6) is 0 Å². The van der Waals surface area contributed by atoms with E-state index in [0.717, 1.165) is 0 Å². The van der Waals surface area contributed by atoms with Crippen LogP contribution in [0.4, 0.5) is 4.79 Å². The molecule has 0 aliphatic rings. The van der Waals surface area contributed by atoms with Gasteiger partial charge in [0.1, 0.15) is 11.6 Å². The number of ether oxygens (including phenoxy) is 2. The van der Waals surface area contributed by atoms with E-state index in [1.807, 2.05) is 0 Å². The van der Waals surface area contributed by atoms with E-state index in [2.05, 4.69) is 10.6 Å². The summed E-state index contributed by atoms with van der Waals surface area (Å²) in [7, 11) is 0. The third-order valence-corrected chi connectivity index (χ3v) is 2.94. The lowest BCUT2D eigenvalue weighted by atomic mass is 10.2. The van der Waals surface area contributed by atoms with Gasteiger partial charge in [-0.15, -0.1) is 0 Å². The second-order valence-corrected chi connectivity index (χ2v) is 6.43. The lowest BCUT2D eigenvalue weighted by molar-refractivity contribution is -0.142. The second kappa shape index (κ2) is 9.55. The molecule has 0 fully saturated rings. The van der Waals surface area contributed by atoms with Crippen molar-refractivity contribution >= 4 is 23.9 Å². The minimum atomic E-state index is -1.36. The molecular weight excluding hydrogens is 340 g/mol. The van der Waals surface area contributed by atoms with Gasteiger partial charge in [-0.05, 0) is 39.8 Å². The van der Waals surface area contributed by atoms with Gasteiger partial charge in [0, 0.05) is 6.54 Å². The van der Waals surface area contributed by atoms with Crippen molar-refractivity contribution in [2.45, 2.75) is 45.8 Å². The Morgan fingerprint density at radius 2 is 1.69 bits per heavy atom. The van der Waals surface area contributed by atoms with Gasteiger partial charge in [-0.2, -0.15) is 0 Å². The van der Waals surface area contributed by atoms with Gasteiger partial charge in [0.25, 0.3) is 0 Å². The maximum absolute atomic E-state index is 12.3. The molecule has 1 aromatic rings. The summed E-state index contributed by atoms with van der Waals surface area (Å²) < 4.78 is 9.86. The first-order chi connectivity index (χ1) is 12.1. The highest BCUT2D eigenvalue weighted by Crippen LogP contribution is 2.09. The Balaban J connectivity index is 2.81. The number of nitrogens with one attached hydrogen (secondary N) is 2. The summed E-state index contributed by atoms with van der Waals surface area (Å²) in [5.74, 6) is -2.39. The fraction of sp³-hybridized carbons (Fsp3) is 0.444. The largest absolute Gasteiger partial charge is 0.444 e. The molecule has 0 aliphatic carbocycles. The monoisotopic (exact) mass is 364 g/mol. The number of rotatable bonds is 6. The van der Waals surface area contributed by atoms with E-state index >= 15 is 0 Å². The van der Waals surface area contributed by atoms with Crippen LogP contribution in [0.1, 0.15) is 44.5 Å². The van der Waals surface area contributed by atoms with Crippen molar-refractivity contribution in [1.29, 1.82) is 0 Å². The number of hydrogen-bond donors (Lipinski definition) is 2. The lowest BCUT2D eigenvalue weighted by Gasteiger charge is -2.22. The van der Waals surface area contributed by atoms with E-state index in [4.69, 9.17) is 9.47 Å². The number of hydrogen-bond acceptors (Lipinski definition) is 6. The molecular formula is C18H24N2O6. The third-order valence-electron chi connectivity index (χ3n) is 2.94. The van der Waals surface area contributed by atoms with Crippen LogP contribution in [0.2, 0.25) is 0 Å². The van der Waals surface area contributed by atoms with Crippen molar-refractivity contribution in [1.82, 2.24) is 10.6 Å². The molecule has 1 atom stereocenters. The van der Waals surface area contributed by atoms with Gasteiger partial charge in [0.2, 0.25) is 5.91 Å². The number of carbonyl (C=O) groups excluding carboxylic acids is 4. The number of carbonyl (C=O) groups is 4. The van der Waals surface area contributed by atoms with Crippen molar-refractivity contribution in [3.05, 3.63) is 35.9 Å². The van der Waals surface area contributed by atoms with Gasteiger partial charge < -0.3 is 20.1 Å². The molecule has 2 amide bonds. The van der Waals surface area contributed by atoms with Crippen molar-refractivity contribution in [2.75, 3.05) is 6.54 Å². The van der Waals surface area contributed by atoms with Crippen LogP contribution < -0.4 is 10.6 Å². The first-order valence-electron chi connectivity index (χ1n) is 8.19. The number of alkyl carbamates (subject to hydrolysis) is 1. The van der Waals surface area contributed by atoms with Crippen LogP contribution in [0, 0.1) is 0 Å². The normalized spacial score (nSPS) is 11.8. The summed E-state index contributed by atoms with van der Waals surface area (Å²) in [6, 6.07) is 6.55. The molecule has 0 aliphatic heterocycles. The van der Waals surface area contributed by atoms with Gasteiger partial charge in [-0.1, -0.05) is 18.2 Å². The Hall–Kier alpha value is -2.90. The first kappa shape index (κ1) is 21.1. The summed E-state index contributed by atoms with van der Waals surface area (Å²) >= 11 is 0. The molecule has 26 heavy (non-hydrogen) atoms. The SMILES string of the molecule is CCNC(=O)CC(NC(=O)OC(C)(C)C)C(=O)OC(=O)c1ccccc1. The zero-order valence-corrected chi connectivity index (χ0v) is 15.3. The Morgan fingerprint density at radius 1 is 1.08 bits per heavy atom. The van der Waals surface area contributed by atoms with Crippen molar-refractivity contribution in [3.63, 3.8) is 0 Å². The van der Waals surface area contributed by atoms with E-state index in [9.17, 15) is 19.2 Å². The first-order valence-corrected chi connectivity index (χ1v) is 8.19. The molecule has 0 aromatic heterocycles. The quantitative estimate of drug-likeness (QED) is 0.588. The highest BCUT2D eigenvalue weighted by atomic mass is 16.6. The number of amides is 2. The minimum absolute atomic E-state index is 0.176. The third kappa shape index (κ3) is 7.78. The fourth-order valence-electron chi connectivity index (χ4n) is 1.89. The van der Waals surface area contributed by atoms with E-state index in [0.29, 0.717) is 6.54 Å². The Labute approximate surface area is 152 Å². The predicted molar refractivity (Wildman–Crippen MR) is 93.3 cm³/mol. The molecule has 0 radical (unpaired) electrons. The van der Waals surface area contributed by atoms with Gasteiger partial charge in [0.05, 0.1) is 12.0 Å². The second-order valence-electron chi connectivity index (χ2n) is 6.43. The van der Waals surface area contributed by atoms with Gasteiger partial charge in [-0.25, -0.2) is 14.4 Å². The number of benzene rings is 1. The number of esters is 2.